The molecule has 0 saturated carbocycles. The number of H-pyrrole nitrogens is 1. The molecular weight excluding hydrogens is 228 g/mol. The van der Waals surface area contributed by atoms with Crippen LogP contribution in [0.2, 0.25) is 0 Å². The van der Waals surface area contributed by atoms with E-state index in [2.05, 4.69) is 27.4 Å². The summed E-state index contributed by atoms with van der Waals surface area (Å²) in [6.07, 6.45) is 1.71. The van der Waals surface area contributed by atoms with E-state index in [-0.39, 0.29) is 11.7 Å². The van der Waals surface area contributed by atoms with E-state index in [1.807, 2.05) is 31.2 Å². The third-order valence-electron chi connectivity index (χ3n) is 2.69. The molecule has 0 atom stereocenters. The summed E-state index contributed by atoms with van der Waals surface area (Å²) in [6, 6.07) is 7.74. The zero-order valence-corrected chi connectivity index (χ0v) is 10.5. The first kappa shape index (κ1) is 12.3. The van der Waals surface area contributed by atoms with Gasteiger partial charge in [0.2, 0.25) is 5.82 Å². The van der Waals surface area contributed by atoms with Gasteiger partial charge in [-0.2, -0.15) is 0 Å². The third kappa shape index (κ3) is 2.74. The number of rotatable bonds is 4. The smallest absolute Gasteiger partial charge is 0.295 e. The first-order chi connectivity index (χ1) is 8.72. The minimum Gasteiger partial charge on any atom is -0.319 e. The molecule has 5 heteroatoms. The highest BCUT2D eigenvalue weighted by Crippen LogP contribution is 2.10. The molecule has 1 aromatic carbocycles. The van der Waals surface area contributed by atoms with Crippen LogP contribution in [0.25, 0.3) is 0 Å². The Hall–Kier alpha value is -2.17. The molecule has 0 unspecified atom stereocenters. The number of aryl methyl sites for hydroxylation is 2. The van der Waals surface area contributed by atoms with Gasteiger partial charge in [0.15, 0.2) is 0 Å². The third-order valence-corrected chi connectivity index (χ3v) is 2.69. The van der Waals surface area contributed by atoms with Gasteiger partial charge in [-0.15, -0.1) is 5.10 Å². The Kier molecular flexibility index (Phi) is 3.72. The van der Waals surface area contributed by atoms with E-state index in [9.17, 15) is 4.79 Å². The number of carbonyl (C=O) groups excluding carboxylic acids is 1. The molecule has 0 aliphatic rings. The summed E-state index contributed by atoms with van der Waals surface area (Å²) in [7, 11) is 0. The Morgan fingerprint density at radius 3 is 2.50 bits per heavy atom. The molecule has 0 fully saturated rings. The molecule has 0 radical (unpaired) electrons. The van der Waals surface area contributed by atoms with Crippen molar-refractivity contribution >= 4 is 11.6 Å². The summed E-state index contributed by atoms with van der Waals surface area (Å²) < 4.78 is 0. The van der Waals surface area contributed by atoms with Gasteiger partial charge in [-0.3, -0.25) is 9.89 Å². The first-order valence-electron chi connectivity index (χ1n) is 6.04. The maximum Gasteiger partial charge on any atom is 0.295 e. The summed E-state index contributed by atoms with van der Waals surface area (Å²) in [5.74, 6) is 0.586. The van der Waals surface area contributed by atoms with Crippen LogP contribution in [0.3, 0.4) is 0 Å². The van der Waals surface area contributed by atoms with Gasteiger partial charge in [0.25, 0.3) is 5.91 Å². The largest absolute Gasteiger partial charge is 0.319 e. The highest BCUT2D eigenvalue weighted by atomic mass is 16.2. The maximum absolute atomic E-state index is 11.8. The second-order valence-corrected chi connectivity index (χ2v) is 3.96. The number of hydrogen-bond acceptors (Lipinski definition) is 3. The van der Waals surface area contributed by atoms with Crippen molar-refractivity contribution in [2.45, 2.75) is 26.7 Å². The van der Waals surface area contributed by atoms with Crippen molar-refractivity contribution in [2.24, 2.45) is 0 Å². The Morgan fingerprint density at radius 1 is 1.22 bits per heavy atom. The summed E-state index contributed by atoms with van der Waals surface area (Å²) in [5.41, 5.74) is 1.99. The zero-order valence-electron chi connectivity index (χ0n) is 10.5. The van der Waals surface area contributed by atoms with E-state index in [1.54, 1.807) is 0 Å². The molecule has 0 aliphatic heterocycles. The molecule has 5 nitrogen and oxygen atoms in total. The molecule has 2 aromatic rings. The predicted molar refractivity (Wildman–Crippen MR) is 69.5 cm³/mol. The summed E-state index contributed by atoms with van der Waals surface area (Å²) in [5, 5.41) is 9.35. The number of aromatic amines is 1. The number of aromatic nitrogens is 3. The van der Waals surface area contributed by atoms with Crippen molar-refractivity contribution in [1.29, 1.82) is 0 Å². The Balaban J connectivity index is 2.06. The fourth-order valence-corrected chi connectivity index (χ4v) is 1.57. The second kappa shape index (κ2) is 5.44. The zero-order chi connectivity index (χ0) is 13.0. The standard InChI is InChI=1S/C13H16N4O/c1-3-9-5-7-10(8-6-9)14-13(18)12-15-11(4-2)16-17-12/h5-8H,3-4H2,1-2H3,(H,14,18)(H,15,16,17). The molecule has 2 N–H and O–H groups in total. The van der Waals surface area contributed by atoms with Crippen LogP contribution < -0.4 is 5.32 Å². The molecule has 0 spiro atoms. The molecule has 2 rings (SSSR count). The van der Waals surface area contributed by atoms with Gasteiger partial charge in [-0.25, -0.2) is 4.98 Å². The molecule has 18 heavy (non-hydrogen) atoms. The van der Waals surface area contributed by atoms with E-state index < -0.39 is 0 Å². The van der Waals surface area contributed by atoms with Crippen molar-refractivity contribution < 1.29 is 4.79 Å². The molecular formula is C13H16N4O. The van der Waals surface area contributed by atoms with Crippen molar-refractivity contribution in [3.63, 3.8) is 0 Å². The van der Waals surface area contributed by atoms with Crippen LogP contribution in [0.5, 0.6) is 0 Å². The normalized spacial score (nSPS) is 10.3. The lowest BCUT2D eigenvalue weighted by Gasteiger charge is -2.03. The first-order valence-corrected chi connectivity index (χ1v) is 6.04. The molecule has 1 aromatic heterocycles. The van der Waals surface area contributed by atoms with Gasteiger partial charge in [0.1, 0.15) is 5.82 Å². The Bertz CT molecular complexity index is 530. The lowest BCUT2D eigenvalue weighted by molar-refractivity contribution is 0.101. The van der Waals surface area contributed by atoms with E-state index in [1.165, 1.54) is 5.56 Å². The Morgan fingerprint density at radius 2 is 1.94 bits per heavy atom. The molecule has 1 heterocycles. The average molecular weight is 244 g/mol. The number of amides is 1. The van der Waals surface area contributed by atoms with Gasteiger partial charge < -0.3 is 5.32 Å². The van der Waals surface area contributed by atoms with E-state index >= 15 is 0 Å². The van der Waals surface area contributed by atoms with Crippen LogP contribution >= 0.6 is 0 Å². The quantitative estimate of drug-likeness (QED) is 0.866. The summed E-state index contributed by atoms with van der Waals surface area (Å²) in [4.78, 5) is 15.9. The lowest BCUT2D eigenvalue weighted by atomic mass is 10.1. The van der Waals surface area contributed by atoms with Crippen molar-refractivity contribution in [1.82, 2.24) is 15.2 Å². The van der Waals surface area contributed by atoms with Gasteiger partial charge in [-0.05, 0) is 24.1 Å². The van der Waals surface area contributed by atoms with Gasteiger partial charge in [0, 0.05) is 12.1 Å². The summed E-state index contributed by atoms with van der Waals surface area (Å²) in [6.45, 7) is 4.04. The van der Waals surface area contributed by atoms with Crippen LogP contribution in [0.1, 0.15) is 35.9 Å². The van der Waals surface area contributed by atoms with Gasteiger partial charge in [-0.1, -0.05) is 26.0 Å². The fourth-order valence-electron chi connectivity index (χ4n) is 1.57. The molecule has 0 aliphatic carbocycles. The van der Waals surface area contributed by atoms with E-state index in [0.29, 0.717) is 5.82 Å². The van der Waals surface area contributed by atoms with Crippen molar-refractivity contribution in [2.75, 3.05) is 5.32 Å². The molecule has 0 saturated heterocycles. The van der Waals surface area contributed by atoms with Crippen LogP contribution in [0, 0.1) is 0 Å². The SMILES string of the molecule is CCc1ccc(NC(=O)c2n[nH]c(CC)n2)cc1. The van der Waals surface area contributed by atoms with Crippen LogP contribution in [0.15, 0.2) is 24.3 Å². The van der Waals surface area contributed by atoms with Crippen LogP contribution in [0.4, 0.5) is 5.69 Å². The minimum atomic E-state index is -0.296. The highest BCUT2D eigenvalue weighted by molar-refractivity contribution is 6.01. The Labute approximate surface area is 106 Å². The van der Waals surface area contributed by atoms with E-state index in [4.69, 9.17) is 0 Å². The summed E-state index contributed by atoms with van der Waals surface area (Å²) >= 11 is 0. The molecule has 1 amide bonds. The van der Waals surface area contributed by atoms with E-state index in [0.717, 1.165) is 18.5 Å². The van der Waals surface area contributed by atoms with Crippen molar-refractivity contribution in [3.8, 4) is 0 Å². The number of benzene rings is 1. The molecule has 94 valence electrons. The van der Waals surface area contributed by atoms with Gasteiger partial charge >= 0.3 is 0 Å². The monoisotopic (exact) mass is 244 g/mol. The number of anilines is 1. The fraction of sp³-hybridized carbons (Fsp3) is 0.308. The second-order valence-electron chi connectivity index (χ2n) is 3.96. The average Bonchev–Trinajstić information content (AvgIpc) is 2.88. The van der Waals surface area contributed by atoms with Crippen LogP contribution in [-0.2, 0) is 12.8 Å². The van der Waals surface area contributed by atoms with Gasteiger partial charge in [0.05, 0.1) is 0 Å². The highest BCUT2D eigenvalue weighted by Gasteiger charge is 2.11. The number of hydrogen-bond donors (Lipinski definition) is 2. The number of nitrogens with one attached hydrogen (secondary N) is 2. The molecule has 0 bridgehead atoms. The lowest BCUT2D eigenvalue weighted by Crippen LogP contribution is -2.13. The number of carbonyl (C=O) groups is 1. The predicted octanol–water partition coefficient (Wildman–Crippen LogP) is 2.18. The number of nitrogens with zero attached hydrogens (tertiary/aromatic N) is 2. The maximum atomic E-state index is 11.8. The topological polar surface area (TPSA) is 70.7 Å². The van der Waals surface area contributed by atoms with Crippen LogP contribution in [-0.4, -0.2) is 21.1 Å². The van der Waals surface area contributed by atoms with Crippen molar-refractivity contribution in [3.05, 3.63) is 41.5 Å². The minimum absolute atomic E-state index is 0.173.